The number of rotatable bonds is 3. The molecule has 3 nitrogen and oxygen atoms in total. The highest BCUT2D eigenvalue weighted by Gasteiger charge is 2.27. The summed E-state index contributed by atoms with van der Waals surface area (Å²) in [5, 5.41) is 12.2. The van der Waals surface area contributed by atoms with Crippen molar-refractivity contribution in [2.24, 2.45) is 5.92 Å². The highest BCUT2D eigenvalue weighted by molar-refractivity contribution is 9.10. The molecule has 2 N–H and O–H groups in total. The summed E-state index contributed by atoms with van der Waals surface area (Å²) in [7, 11) is 0. The Labute approximate surface area is 109 Å². The molecule has 17 heavy (non-hydrogen) atoms. The molecule has 4 heteroatoms. The lowest BCUT2D eigenvalue weighted by molar-refractivity contribution is 0.0916. The van der Waals surface area contributed by atoms with Crippen LogP contribution in [0.2, 0.25) is 0 Å². The van der Waals surface area contributed by atoms with Gasteiger partial charge in [-0.3, -0.25) is 4.79 Å². The molecule has 2 unspecified atom stereocenters. The van der Waals surface area contributed by atoms with Gasteiger partial charge in [0.05, 0.1) is 0 Å². The van der Waals surface area contributed by atoms with Crippen LogP contribution < -0.4 is 5.32 Å². The molecule has 0 aromatic heterocycles. The van der Waals surface area contributed by atoms with Crippen LogP contribution in [0.3, 0.4) is 0 Å². The lowest BCUT2D eigenvalue weighted by Gasteiger charge is -2.18. The summed E-state index contributed by atoms with van der Waals surface area (Å²) < 4.78 is 0.961. The van der Waals surface area contributed by atoms with Crippen molar-refractivity contribution in [3.8, 4) is 0 Å². The van der Waals surface area contributed by atoms with Gasteiger partial charge >= 0.3 is 0 Å². The molecular formula is C13H16BrNO2. The van der Waals surface area contributed by atoms with Crippen molar-refractivity contribution < 1.29 is 9.90 Å². The van der Waals surface area contributed by atoms with Crippen molar-refractivity contribution in [1.82, 2.24) is 5.32 Å². The highest BCUT2D eigenvalue weighted by Crippen LogP contribution is 2.25. The van der Waals surface area contributed by atoms with Crippen LogP contribution in [0.1, 0.15) is 29.6 Å². The predicted octanol–water partition coefficient (Wildman–Crippen LogP) is 2.34. The molecule has 1 aromatic rings. The lowest BCUT2D eigenvalue weighted by Crippen LogP contribution is -2.38. The molecule has 1 amide bonds. The van der Waals surface area contributed by atoms with Crippen molar-refractivity contribution in [2.45, 2.75) is 25.3 Å². The van der Waals surface area contributed by atoms with Gasteiger partial charge in [-0.25, -0.2) is 0 Å². The van der Waals surface area contributed by atoms with Crippen molar-refractivity contribution in [3.63, 3.8) is 0 Å². The number of aliphatic hydroxyl groups excluding tert-OH is 1. The van der Waals surface area contributed by atoms with Crippen molar-refractivity contribution in [3.05, 3.63) is 34.3 Å². The van der Waals surface area contributed by atoms with Gasteiger partial charge in [0.15, 0.2) is 0 Å². The topological polar surface area (TPSA) is 49.3 Å². The van der Waals surface area contributed by atoms with E-state index in [-0.39, 0.29) is 24.5 Å². The predicted molar refractivity (Wildman–Crippen MR) is 69.8 cm³/mol. The first kappa shape index (κ1) is 12.6. The number of carbonyl (C=O) groups excluding carboxylic acids is 1. The third-order valence-corrected chi connectivity index (χ3v) is 3.85. The second kappa shape index (κ2) is 5.65. The monoisotopic (exact) mass is 297 g/mol. The second-order valence-electron chi connectivity index (χ2n) is 4.46. The minimum atomic E-state index is -0.0529. The summed E-state index contributed by atoms with van der Waals surface area (Å²) in [6.45, 7) is 0.158. The molecule has 1 aromatic carbocycles. The zero-order chi connectivity index (χ0) is 12.3. The number of amides is 1. The number of hydrogen-bond donors (Lipinski definition) is 2. The number of nitrogens with one attached hydrogen (secondary N) is 1. The van der Waals surface area contributed by atoms with Crippen LogP contribution >= 0.6 is 15.9 Å². The number of aliphatic hydroxyl groups is 1. The second-order valence-corrected chi connectivity index (χ2v) is 5.38. The Balaban J connectivity index is 1.99. The molecule has 1 fully saturated rings. The fraction of sp³-hybridized carbons (Fsp3) is 0.462. The van der Waals surface area contributed by atoms with E-state index >= 15 is 0 Å². The number of carbonyl (C=O) groups is 1. The van der Waals surface area contributed by atoms with E-state index in [9.17, 15) is 9.90 Å². The number of hydrogen-bond acceptors (Lipinski definition) is 2. The molecule has 2 rings (SSSR count). The summed E-state index contributed by atoms with van der Waals surface area (Å²) in [6.07, 6.45) is 3.05. The van der Waals surface area contributed by atoms with E-state index in [1.165, 1.54) is 0 Å². The van der Waals surface area contributed by atoms with Crippen LogP contribution in [-0.2, 0) is 0 Å². The van der Waals surface area contributed by atoms with Gasteiger partial charge in [0, 0.05) is 28.6 Å². The Morgan fingerprint density at radius 3 is 2.71 bits per heavy atom. The first-order chi connectivity index (χ1) is 8.20. The maximum atomic E-state index is 12.0. The zero-order valence-electron chi connectivity index (χ0n) is 9.53. The van der Waals surface area contributed by atoms with Gasteiger partial charge in [-0.1, -0.05) is 22.4 Å². The average molecular weight is 298 g/mol. The molecule has 0 bridgehead atoms. The Hall–Kier alpha value is -0.870. The van der Waals surface area contributed by atoms with E-state index in [4.69, 9.17) is 0 Å². The van der Waals surface area contributed by atoms with Crippen LogP contribution in [-0.4, -0.2) is 23.7 Å². The van der Waals surface area contributed by atoms with E-state index in [1.807, 2.05) is 12.1 Å². The molecule has 0 radical (unpaired) electrons. The lowest BCUT2D eigenvalue weighted by atomic mass is 10.0. The van der Waals surface area contributed by atoms with Crippen LogP contribution in [0.5, 0.6) is 0 Å². The van der Waals surface area contributed by atoms with Gasteiger partial charge in [0.2, 0.25) is 0 Å². The molecule has 1 aliphatic carbocycles. The zero-order valence-corrected chi connectivity index (χ0v) is 11.1. The maximum absolute atomic E-state index is 12.0. The highest BCUT2D eigenvalue weighted by atomic mass is 79.9. The van der Waals surface area contributed by atoms with E-state index in [0.717, 1.165) is 23.7 Å². The first-order valence-corrected chi connectivity index (χ1v) is 6.67. The summed E-state index contributed by atoms with van der Waals surface area (Å²) >= 11 is 3.34. The van der Waals surface area contributed by atoms with Crippen molar-refractivity contribution in [1.29, 1.82) is 0 Å². The van der Waals surface area contributed by atoms with Crippen LogP contribution in [0.15, 0.2) is 28.7 Å². The smallest absolute Gasteiger partial charge is 0.251 e. The van der Waals surface area contributed by atoms with Gasteiger partial charge in [-0.05, 0) is 37.1 Å². The van der Waals surface area contributed by atoms with Gasteiger partial charge < -0.3 is 10.4 Å². The molecule has 0 saturated heterocycles. The Morgan fingerprint density at radius 1 is 1.35 bits per heavy atom. The molecular weight excluding hydrogens is 282 g/mol. The van der Waals surface area contributed by atoms with E-state index in [0.29, 0.717) is 5.56 Å². The Bertz CT molecular complexity index is 391. The summed E-state index contributed by atoms with van der Waals surface area (Å²) in [5.74, 6) is 0.164. The normalized spacial score (nSPS) is 23.6. The third-order valence-electron chi connectivity index (χ3n) is 3.32. The third kappa shape index (κ3) is 3.07. The fourth-order valence-electron chi connectivity index (χ4n) is 2.30. The number of halogens is 1. The molecule has 2 atom stereocenters. The van der Waals surface area contributed by atoms with Crippen LogP contribution in [0.25, 0.3) is 0 Å². The molecule has 1 saturated carbocycles. The van der Waals surface area contributed by atoms with E-state index < -0.39 is 0 Å². The summed E-state index contributed by atoms with van der Waals surface area (Å²) in [4.78, 5) is 12.0. The standard InChI is InChI=1S/C13H16BrNO2/c14-11-6-4-9(5-7-11)13(17)15-12-3-1-2-10(12)8-16/h4-7,10,12,16H,1-3,8H2,(H,15,17). The van der Waals surface area contributed by atoms with Crippen molar-refractivity contribution >= 4 is 21.8 Å². The first-order valence-electron chi connectivity index (χ1n) is 5.88. The van der Waals surface area contributed by atoms with Crippen molar-refractivity contribution in [2.75, 3.05) is 6.61 Å². The van der Waals surface area contributed by atoms with Gasteiger partial charge in [0.25, 0.3) is 5.91 Å². The molecule has 1 aliphatic rings. The quantitative estimate of drug-likeness (QED) is 0.900. The minimum absolute atomic E-state index is 0.0529. The SMILES string of the molecule is O=C(NC1CCCC1CO)c1ccc(Br)cc1. The molecule has 92 valence electrons. The van der Waals surface area contributed by atoms with Gasteiger partial charge in [-0.2, -0.15) is 0 Å². The van der Waals surface area contributed by atoms with Crippen LogP contribution in [0, 0.1) is 5.92 Å². The molecule has 0 aliphatic heterocycles. The number of benzene rings is 1. The largest absolute Gasteiger partial charge is 0.396 e. The average Bonchev–Trinajstić information content (AvgIpc) is 2.77. The minimum Gasteiger partial charge on any atom is -0.396 e. The maximum Gasteiger partial charge on any atom is 0.251 e. The van der Waals surface area contributed by atoms with Crippen LogP contribution in [0.4, 0.5) is 0 Å². The Kier molecular flexibility index (Phi) is 4.18. The molecule has 0 spiro atoms. The molecule has 0 heterocycles. The van der Waals surface area contributed by atoms with E-state index in [2.05, 4.69) is 21.2 Å². The van der Waals surface area contributed by atoms with Gasteiger partial charge in [-0.15, -0.1) is 0 Å². The summed E-state index contributed by atoms with van der Waals surface area (Å²) in [6, 6.07) is 7.42. The summed E-state index contributed by atoms with van der Waals surface area (Å²) in [5.41, 5.74) is 0.664. The van der Waals surface area contributed by atoms with Gasteiger partial charge in [0.1, 0.15) is 0 Å². The van der Waals surface area contributed by atoms with E-state index in [1.54, 1.807) is 12.1 Å². The fourth-order valence-corrected chi connectivity index (χ4v) is 2.56. The Morgan fingerprint density at radius 2 is 2.06 bits per heavy atom.